The third kappa shape index (κ3) is 8.85. The van der Waals surface area contributed by atoms with E-state index in [0.29, 0.717) is 5.17 Å². The summed E-state index contributed by atoms with van der Waals surface area (Å²) in [5, 5.41) is 1.49. The first-order valence-electron chi connectivity index (χ1n) is 8.13. The highest BCUT2D eigenvalue weighted by molar-refractivity contribution is 8.13. The number of amidine groups is 1. The Balaban J connectivity index is 0.00000264. The summed E-state index contributed by atoms with van der Waals surface area (Å²) in [7, 11) is 0. The second-order valence-corrected chi connectivity index (χ2v) is 7.25. The van der Waals surface area contributed by atoms with Crippen molar-refractivity contribution in [2.24, 2.45) is 10.7 Å². The van der Waals surface area contributed by atoms with Crippen molar-refractivity contribution < 1.29 is 0 Å². The van der Waals surface area contributed by atoms with Crippen molar-refractivity contribution in [3.05, 3.63) is 34.9 Å². The minimum atomic E-state index is 0. The zero-order valence-corrected chi connectivity index (χ0v) is 15.9. The largest absolute Gasteiger partial charge is 0.379 e. The van der Waals surface area contributed by atoms with E-state index >= 15 is 0 Å². The van der Waals surface area contributed by atoms with Crippen LogP contribution in [-0.4, -0.2) is 42.0 Å². The molecule has 6 heteroatoms. The van der Waals surface area contributed by atoms with E-state index < -0.39 is 0 Å². The van der Waals surface area contributed by atoms with Gasteiger partial charge in [0.2, 0.25) is 0 Å². The van der Waals surface area contributed by atoms with Crippen LogP contribution in [0.1, 0.15) is 31.2 Å². The molecule has 2 rings (SSSR count). The fourth-order valence-corrected chi connectivity index (χ4v) is 3.43. The third-order valence-corrected chi connectivity index (χ3v) is 5.07. The zero-order valence-electron chi connectivity index (χ0n) is 13.5. The number of likely N-dealkylation sites (tertiary alicyclic amines) is 1. The summed E-state index contributed by atoms with van der Waals surface area (Å²) < 4.78 is 0. The van der Waals surface area contributed by atoms with Gasteiger partial charge in [0.1, 0.15) is 0 Å². The van der Waals surface area contributed by atoms with Gasteiger partial charge in [-0.3, -0.25) is 4.99 Å². The normalized spacial score (nSPS) is 16.1. The lowest BCUT2D eigenvalue weighted by atomic mass is 10.1. The molecule has 1 saturated heterocycles. The van der Waals surface area contributed by atoms with Crippen molar-refractivity contribution in [1.82, 2.24) is 4.90 Å². The highest BCUT2D eigenvalue weighted by atomic mass is 35.5. The molecule has 1 aliphatic heterocycles. The lowest BCUT2D eigenvalue weighted by molar-refractivity contribution is 0.230. The van der Waals surface area contributed by atoms with Crippen molar-refractivity contribution in [3.63, 3.8) is 0 Å². The Morgan fingerprint density at radius 1 is 1.17 bits per heavy atom. The molecule has 3 nitrogen and oxygen atoms in total. The van der Waals surface area contributed by atoms with Crippen molar-refractivity contribution in [3.8, 4) is 0 Å². The van der Waals surface area contributed by atoms with Crippen molar-refractivity contribution >= 4 is 40.9 Å². The highest BCUT2D eigenvalue weighted by Crippen LogP contribution is 2.12. The minimum absolute atomic E-state index is 0. The van der Waals surface area contributed by atoms with E-state index in [1.165, 1.54) is 50.9 Å². The summed E-state index contributed by atoms with van der Waals surface area (Å²) in [5.41, 5.74) is 7.21. The van der Waals surface area contributed by atoms with Crippen LogP contribution in [-0.2, 0) is 6.42 Å². The molecule has 1 fully saturated rings. The average Bonchev–Trinajstić information content (AvgIpc) is 2.54. The molecular weight excluding hydrogens is 349 g/mol. The quantitative estimate of drug-likeness (QED) is 0.440. The van der Waals surface area contributed by atoms with Gasteiger partial charge in [0.15, 0.2) is 5.17 Å². The molecule has 0 atom stereocenters. The zero-order chi connectivity index (χ0) is 15.6. The standard InChI is InChI=1S/C17H26ClN3S.ClH/c18-16-7-5-15(6-8-16)9-10-20-17(19)22-14-4-13-21-11-2-1-3-12-21;/h5-8H,1-4,9-14H2,(H2,19,20);1H. The molecule has 130 valence electrons. The monoisotopic (exact) mass is 375 g/mol. The first-order valence-corrected chi connectivity index (χ1v) is 9.50. The molecule has 23 heavy (non-hydrogen) atoms. The Morgan fingerprint density at radius 3 is 2.57 bits per heavy atom. The second-order valence-electron chi connectivity index (χ2n) is 5.70. The number of benzene rings is 1. The maximum atomic E-state index is 5.96. The summed E-state index contributed by atoms with van der Waals surface area (Å²) in [6.45, 7) is 4.49. The van der Waals surface area contributed by atoms with Crippen LogP contribution in [0.25, 0.3) is 0 Å². The molecule has 0 saturated carbocycles. The topological polar surface area (TPSA) is 41.6 Å². The number of rotatable bonds is 7. The number of halogens is 2. The first-order chi connectivity index (χ1) is 10.7. The van der Waals surface area contributed by atoms with Crippen molar-refractivity contribution in [2.75, 3.05) is 31.9 Å². The smallest absolute Gasteiger partial charge is 0.153 e. The SMILES string of the molecule is Cl.NC(=NCCc1ccc(Cl)cc1)SCCCN1CCCCC1. The van der Waals surface area contributed by atoms with Crippen LogP contribution >= 0.6 is 35.8 Å². The van der Waals surface area contributed by atoms with Gasteiger partial charge in [-0.2, -0.15) is 0 Å². The van der Waals surface area contributed by atoms with Crippen molar-refractivity contribution in [2.45, 2.75) is 32.1 Å². The second kappa shape index (κ2) is 12.0. The minimum Gasteiger partial charge on any atom is -0.379 e. The number of aliphatic imine (C=N–C) groups is 1. The molecule has 1 aliphatic rings. The van der Waals surface area contributed by atoms with Gasteiger partial charge < -0.3 is 10.6 Å². The number of nitrogens with zero attached hydrogens (tertiary/aromatic N) is 2. The molecule has 0 unspecified atom stereocenters. The molecule has 1 aromatic carbocycles. The van der Waals surface area contributed by atoms with Gasteiger partial charge in [0, 0.05) is 17.3 Å². The van der Waals surface area contributed by atoms with E-state index in [2.05, 4.69) is 9.89 Å². The molecule has 0 bridgehead atoms. The van der Waals surface area contributed by atoms with Crippen LogP contribution in [0.15, 0.2) is 29.3 Å². The maximum absolute atomic E-state index is 5.96. The Hall–Kier alpha value is -0.420. The van der Waals surface area contributed by atoms with Crippen LogP contribution in [0, 0.1) is 0 Å². The number of nitrogens with two attached hydrogens (primary N) is 1. The van der Waals surface area contributed by atoms with Gasteiger partial charge in [-0.05, 0) is 63.0 Å². The van der Waals surface area contributed by atoms with Crippen LogP contribution < -0.4 is 5.73 Å². The molecule has 0 aliphatic carbocycles. The number of piperidine rings is 1. The summed E-state index contributed by atoms with van der Waals surface area (Å²) in [4.78, 5) is 7.00. The average molecular weight is 376 g/mol. The summed E-state index contributed by atoms with van der Waals surface area (Å²) in [5.74, 6) is 1.06. The van der Waals surface area contributed by atoms with Crippen LogP contribution in [0.2, 0.25) is 5.02 Å². The molecule has 0 radical (unpaired) electrons. The van der Waals surface area contributed by atoms with E-state index in [4.69, 9.17) is 17.3 Å². The van der Waals surface area contributed by atoms with E-state index in [1.54, 1.807) is 11.8 Å². The van der Waals surface area contributed by atoms with E-state index in [0.717, 1.165) is 23.7 Å². The molecule has 0 aromatic heterocycles. The van der Waals surface area contributed by atoms with Crippen LogP contribution in [0.3, 0.4) is 0 Å². The molecule has 2 N–H and O–H groups in total. The van der Waals surface area contributed by atoms with Crippen LogP contribution in [0.5, 0.6) is 0 Å². The van der Waals surface area contributed by atoms with Gasteiger partial charge in [0.05, 0.1) is 0 Å². The van der Waals surface area contributed by atoms with Gasteiger partial charge in [0.25, 0.3) is 0 Å². The fraction of sp³-hybridized carbons (Fsp3) is 0.588. The van der Waals surface area contributed by atoms with E-state index in [-0.39, 0.29) is 12.4 Å². The number of thioether (sulfide) groups is 1. The number of hydrogen-bond donors (Lipinski definition) is 1. The third-order valence-electron chi connectivity index (χ3n) is 3.90. The van der Waals surface area contributed by atoms with Gasteiger partial charge in [-0.25, -0.2) is 0 Å². The summed E-state index contributed by atoms with van der Waals surface area (Å²) in [6, 6.07) is 7.91. The Labute approximate surface area is 155 Å². The Morgan fingerprint density at radius 2 is 1.87 bits per heavy atom. The Kier molecular flexibility index (Phi) is 10.8. The molecule has 0 amide bonds. The van der Waals surface area contributed by atoms with Crippen molar-refractivity contribution in [1.29, 1.82) is 0 Å². The molecule has 1 heterocycles. The number of hydrogen-bond acceptors (Lipinski definition) is 3. The lowest BCUT2D eigenvalue weighted by Gasteiger charge is -2.26. The molecule has 1 aromatic rings. The molecular formula is C17H27Cl2N3S. The summed E-state index contributed by atoms with van der Waals surface area (Å²) >= 11 is 7.55. The van der Waals surface area contributed by atoms with Crippen LogP contribution in [0.4, 0.5) is 0 Å². The molecule has 0 spiro atoms. The summed E-state index contributed by atoms with van der Waals surface area (Å²) in [6.07, 6.45) is 6.23. The maximum Gasteiger partial charge on any atom is 0.153 e. The van der Waals surface area contributed by atoms with Gasteiger partial charge >= 0.3 is 0 Å². The highest BCUT2D eigenvalue weighted by Gasteiger charge is 2.08. The Bertz CT molecular complexity index is 459. The fourth-order valence-electron chi connectivity index (χ4n) is 2.64. The van der Waals surface area contributed by atoms with Gasteiger partial charge in [-0.1, -0.05) is 41.9 Å². The first kappa shape index (κ1) is 20.6. The van der Waals surface area contributed by atoms with Gasteiger partial charge in [-0.15, -0.1) is 12.4 Å². The predicted octanol–water partition coefficient (Wildman–Crippen LogP) is 4.23. The lowest BCUT2D eigenvalue weighted by Crippen LogP contribution is -2.30. The van der Waals surface area contributed by atoms with E-state index in [1.807, 2.05) is 24.3 Å². The van der Waals surface area contributed by atoms with E-state index in [9.17, 15) is 0 Å². The predicted molar refractivity (Wildman–Crippen MR) is 106 cm³/mol.